The standard InChI is InChI=1S/C5H10FNO.C5H10O2/c6-4-3-7-2-1-5(4)8;1-5(2,3)7-4-6/h4-5,7-8H,1-3H2;4H,1-3H3/t4-,5+;/m0./s1. The zero-order valence-electron chi connectivity index (χ0n) is 9.50. The van der Waals surface area contributed by atoms with Gasteiger partial charge in [0, 0.05) is 6.54 Å². The number of ether oxygens (including phenoxy) is 1. The van der Waals surface area contributed by atoms with Crippen molar-refractivity contribution in [1.29, 1.82) is 0 Å². The molecule has 0 aromatic heterocycles. The number of hydrogen-bond donors (Lipinski definition) is 2. The Morgan fingerprint density at radius 1 is 1.53 bits per heavy atom. The van der Waals surface area contributed by atoms with E-state index in [1.807, 2.05) is 20.8 Å². The second kappa shape index (κ2) is 6.74. The van der Waals surface area contributed by atoms with Crippen LogP contribution in [0.4, 0.5) is 4.39 Å². The van der Waals surface area contributed by atoms with Gasteiger partial charge in [0.1, 0.15) is 11.8 Å². The molecule has 90 valence electrons. The molecule has 1 fully saturated rings. The number of nitrogens with one attached hydrogen (secondary N) is 1. The van der Waals surface area contributed by atoms with E-state index in [1.54, 1.807) is 0 Å². The predicted octanol–water partition coefficient (Wildman–Crippen LogP) is 0.637. The molecule has 1 saturated heterocycles. The lowest BCUT2D eigenvalue weighted by Gasteiger charge is -2.21. The molecule has 1 rings (SSSR count). The first kappa shape index (κ1) is 14.3. The van der Waals surface area contributed by atoms with Crippen molar-refractivity contribution in [2.75, 3.05) is 13.1 Å². The van der Waals surface area contributed by atoms with Crippen molar-refractivity contribution in [2.45, 2.75) is 45.1 Å². The molecule has 0 aromatic rings. The molecule has 5 heteroatoms. The number of alkyl halides is 1. The highest BCUT2D eigenvalue weighted by Gasteiger charge is 2.20. The maximum atomic E-state index is 12.3. The number of aliphatic hydroxyl groups excluding tert-OH is 1. The number of piperidine rings is 1. The van der Waals surface area contributed by atoms with E-state index < -0.39 is 12.3 Å². The number of carbonyl (C=O) groups excluding carboxylic acids is 1. The highest BCUT2D eigenvalue weighted by molar-refractivity contribution is 5.37. The molecule has 1 aliphatic heterocycles. The van der Waals surface area contributed by atoms with E-state index in [0.29, 0.717) is 19.4 Å². The van der Waals surface area contributed by atoms with Crippen molar-refractivity contribution < 1.29 is 19.0 Å². The van der Waals surface area contributed by atoms with Crippen LogP contribution in [0.15, 0.2) is 0 Å². The largest absolute Gasteiger partial charge is 0.462 e. The molecule has 0 saturated carbocycles. The van der Waals surface area contributed by atoms with Gasteiger partial charge in [-0.05, 0) is 33.7 Å². The summed E-state index contributed by atoms with van der Waals surface area (Å²) < 4.78 is 16.8. The van der Waals surface area contributed by atoms with E-state index in [1.165, 1.54) is 0 Å². The van der Waals surface area contributed by atoms with Gasteiger partial charge in [-0.2, -0.15) is 0 Å². The van der Waals surface area contributed by atoms with Crippen molar-refractivity contribution in [3.63, 3.8) is 0 Å². The zero-order chi connectivity index (χ0) is 11.9. The first-order valence-corrected chi connectivity index (χ1v) is 5.01. The van der Waals surface area contributed by atoms with Crippen LogP contribution >= 0.6 is 0 Å². The zero-order valence-corrected chi connectivity index (χ0v) is 9.50. The Morgan fingerprint density at radius 3 is 2.33 bits per heavy atom. The molecule has 0 spiro atoms. The first-order chi connectivity index (χ1) is 6.87. The predicted molar refractivity (Wildman–Crippen MR) is 55.3 cm³/mol. The molecule has 0 unspecified atom stereocenters. The Balaban J connectivity index is 0.000000265. The van der Waals surface area contributed by atoms with Crippen molar-refractivity contribution in [3.05, 3.63) is 0 Å². The van der Waals surface area contributed by atoms with Gasteiger partial charge in [-0.1, -0.05) is 0 Å². The van der Waals surface area contributed by atoms with Gasteiger partial charge in [0.25, 0.3) is 6.47 Å². The summed E-state index contributed by atoms with van der Waals surface area (Å²) in [5.41, 5.74) is -0.318. The van der Waals surface area contributed by atoms with E-state index in [9.17, 15) is 9.18 Å². The van der Waals surface area contributed by atoms with Crippen LogP contribution in [0.1, 0.15) is 27.2 Å². The second-order valence-corrected chi connectivity index (χ2v) is 4.40. The van der Waals surface area contributed by atoms with Crippen LogP contribution in [0.3, 0.4) is 0 Å². The van der Waals surface area contributed by atoms with Gasteiger partial charge in [-0.25, -0.2) is 4.39 Å². The van der Waals surface area contributed by atoms with Gasteiger partial charge in [-0.15, -0.1) is 0 Å². The average Bonchev–Trinajstić information content (AvgIpc) is 2.09. The van der Waals surface area contributed by atoms with Gasteiger partial charge in [0.05, 0.1) is 6.10 Å². The lowest BCUT2D eigenvalue weighted by Crippen LogP contribution is -2.41. The minimum atomic E-state index is -1.05. The lowest BCUT2D eigenvalue weighted by molar-refractivity contribution is -0.138. The molecule has 1 heterocycles. The van der Waals surface area contributed by atoms with Crippen molar-refractivity contribution in [1.82, 2.24) is 5.32 Å². The quantitative estimate of drug-likeness (QED) is 0.638. The lowest BCUT2D eigenvalue weighted by atomic mass is 10.1. The molecule has 1 aliphatic rings. The summed E-state index contributed by atoms with van der Waals surface area (Å²) in [6.07, 6.45) is -1.23. The summed E-state index contributed by atoms with van der Waals surface area (Å²) in [7, 11) is 0. The maximum absolute atomic E-state index is 12.3. The van der Waals surface area contributed by atoms with Gasteiger partial charge >= 0.3 is 0 Å². The summed E-state index contributed by atoms with van der Waals surface area (Å²) in [6, 6.07) is 0. The van der Waals surface area contributed by atoms with E-state index in [4.69, 9.17) is 5.11 Å². The normalized spacial score (nSPS) is 26.2. The highest BCUT2D eigenvalue weighted by Crippen LogP contribution is 2.05. The number of hydrogen-bond acceptors (Lipinski definition) is 4. The van der Waals surface area contributed by atoms with E-state index in [0.717, 1.165) is 6.54 Å². The third-order valence-corrected chi connectivity index (χ3v) is 1.78. The molecule has 0 amide bonds. The average molecular weight is 221 g/mol. The van der Waals surface area contributed by atoms with Gasteiger partial charge < -0.3 is 15.2 Å². The Hall–Kier alpha value is -0.680. The van der Waals surface area contributed by atoms with Crippen LogP contribution < -0.4 is 5.32 Å². The molecular weight excluding hydrogens is 201 g/mol. The van der Waals surface area contributed by atoms with Gasteiger partial charge in [0.2, 0.25) is 0 Å². The Bertz CT molecular complexity index is 172. The molecule has 0 aromatic carbocycles. The number of carbonyl (C=O) groups is 1. The van der Waals surface area contributed by atoms with Crippen molar-refractivity contribution >= 4 is 6.47 Å². The van der Waals surface area contributed by atoms with Crippen molar-refractivity contribution in [3.8, 4) is 0 Å². The van der Waals surface area contributed by atoms with Crippen LogP contribution in [0.25, 0.3) is 0 Å². The van der Waals surface area contributed by atoms with Crippen LogP contribution in [0, 0.1) is 0 Å². The molecule has 2 atom stereocenters. The summed E-state index contributed by atoms with van der Waals surface area (Å²) in [5.74, 6) is 0. The molecular formula is C10H20FNO3. The van der Waals surface area contributed by atoms with Gasteiger partial charge in [0.15, 0.2) is 0 Å². The monoisotopic (exact) mass is 221 g/mol. The minimum Gasteiger partial charge on any atom is -0.462 e. The number of rotatable bonds is 1. The first-order valence-electron chi connectivity index (χ1n) is 5.01. The summed E-state index contributed by atoms with van der Waals surface area (Å²) in [5, 5.41) is 11.6. The van der Waals surface area contributed by atoms with Crippen LogP contribution in [0.2, 0.25) is 0 Å². The summed E-state index contributed by atoms with van der Waals surface area (Å²) in [6.45, 7) is 6.97. The third kappa shape index (κ3) is 8.32. The smallest absolute Gasteiger partial charge is 0.293 e. The fraction of sp³-hybridized carbons (Fsp3) is 0.900. The Labute approximate surface area is 89.8 Å². The topological polar surface area (TPSA) is 58.6 Å². The number of halogens is 1. The second-order valence-electron chi connectivity index (χ2n) is 4.40. The fourth-order valence-electron chi connectivity index (χ4n) is 0.951. The SMILES string of the molecule is CC(C)(C)OC=O.O[C@@H]1CCNC[C@@H]1F. The molecule has 4 nitrogen and oxygen atoms in total. The van der Waals surface area contributed by atoms with Crippen LogP contribution in [0.5, 0.6) is 0 Å². The molecule has 15 heavy (non-hydrogen) atoms. The highest BCUT2D eigenvalue weighted by atomic mass is 19.1. The maximum Gasteiger partial charge on any atom is 0.293 e. The van der Waals surface area contributed by atoms with Gasteiger partial charge in [-0.3, -0.25) is 4.79 Å². The minimum absolute atomic E-state index is 0.307. The van der Waals surface area contributed by atoms with E-state index >= 15 is 0 Å². The molecule has 2 N–H and O–H groups in total. The van der Waals surface area contributed by atoms with E-state index in [2.05, 4.69) is 10.1 Å². The summed E-state index contributed by atoms with van der Waals surface area (Å²) >= 11 is 0. The van der Waals surface area contributed by atoms with E-state index in [-0.39, 0.29) is 5.60 Å². The number of aliphatic hydroxyl groups is 1. The fourth-order valence-corrected chi connectivity index (χ4v) is 0.951. The molecule has 0 radical (unpaired) electrons. The third-order valence-electron chi connectivity index (χ3n) is 1.78. The Kier molecular flexibility index (Phi) is 6.43. The summed E-state index contributed by atoms with van der Waals surface area (Å²) in [4.78, 5) is 9.60. The van der Waals surface area contributed by atoms with Crippen LogP contribution in [-0.4, -0.2) is 42.5 Å². The molecule has 0 bridgehead atoms. The van der Waals surface area contributed by atoms with Crippen LogP contribution in [-0.2, 0) is 9.53 Å². The Morgan fingerprint density at radius 2 is 2.13 bits per heavy atom. The molecule has 0 aliphatic carbocycles. The van der Waals surface area contributed by atoms with Crippen molar-refractivity contribution in [2.24, 2.45) is 0 Å².